The van der Waals surface area contributed by atoms with E-state index in [1.165, 1.54) is 22.4 Å². The summed E-state index contributed by atoms with van der Waals surface area (Å²) in [5.41, 5.74) is 5.48. The molecule has 21 heavy (non-hydrogen) atoms. The number of anilines is 1. The van der Waals surface area contributed by atoms with Crippen molar-refractivity contribution in [3.63, 3.8) is 0 Å². The van der Waals surface area contributed by atoms with Crippen LogP contribution >= 0.6 is 0 Å². The number of rotatable bonds is 2. The van der Waals surface area contributed by atoms with E-state index in [0.717, 1.165) is 6.54 Å². The highest BCUT2D eigenvalue weighted by Crippen LogP contribution is 2.41. The largest absolute Gasteiger partial charge is 0.356 e. The summed E-state index contributed by atoms with van der Waals surface area (Å²) in [6.45, 7) is 0.972. The summed E-state index contributed by atoms with van der Waals surface area (Å²) in [6, 6.07) is 30.6. The maximum atomic E-state index is 2.49. The van der Waals surface area contributed by atoms with Crippen LogP contribution in [0.1, 0.15) is 22.7 Å². The van der Waals surface area contributed by atoms with E-state index in [2.05, 4.69) is 89.8 Å². The molecular formula is C20H17N. The fourth-order valence-corrected chi connectivity index (χ4v) is 3.24. The Morgan fingerprint density at radius 3 is 2.05 bits per heavy atom. The van der Waals surface area contributed by atoms with Crippen LogP contribution in [0.15, 0.2) is 84.9 Å². The molecule has 0 radical (unpaired) electrons. The van der Waals surface area contributed by atoms with Gasteiger partial charge in [-0.15, -0.1) is 0 Å². The van der Waals surface area contributed by atoms with Gasteiger partial charge in [-0.2, -0.15) is 0 Å². The molecule has 1 heterocycles. The molecule has 0 saturated carbocycles. The Kier molecular flexibility index (Phi) is 2.97. The first kappa shape index (κ1) is 12.2. The van der Waals surface area contributed by atoms with Gasteiger partial charge in [0.15, 0.2) is 0 Å². The van der Waals surface area contributed by atoms with Crippen LogP contribution in [0, 0.1) is 0 Å². The molecule has 0 aliphatic carbocycles. The summed E-state index contributed by atoms with van der Waals surface area (Å²) in [6.07, 6.45) is 0. The highest BCUT2D eigenvalue weighted by molar-refractivity contribution is 5.58. The highest BCUT2D eigenvalue weighted by atomic mass is 15.2. The van der Waals surface area contributed by atoms with Crippen LogP contribution in [0.3, 0.4) is 0 Å². The molecule has 1 aliphatic heterocycles. The molecule has 1 heteroatoms. The van der Waals surface area contributed by atoms with Crippen molar-refractivity contribution in [2.24, 2.45) is 0 Å². The van der Waals surface area contributed by atoms with E-state index in [4.69, 9.17) is 0 Å². The van der Waals surface area contributed by atoms with Gasteiger partial charge in [0.1, 0.15) is 0 Å². The molecule has 3 aromatic carbocycles. The molecule has 0 fully saturated rings. The highest BCUT2D eigenvalue weighted by Gasteiger charge is 2.30. The Morgan fingerprint density at radius 2 is 1.29 bits per heavy atom. The molecular weight excluding hydrogens is 254 g/mol. The molecule has 0 amide bonds. The molecule has 1 aliphatic rings. The number of hydrogen-bond acceptors (Lipinski definition) is 1. The maximum absolute atomic E-state index is 2.49. The third kappa shape index (κ3) is 2.11. The summed E-state index contributed by atoms with van der Waals surface area (Å²) in [4.78, 5) is 2.49. The molecule has 0 unspecified atom stereocenters. The molecule has 0 bridgehead atoms. The first-order valence-electron chi connectivity index (χ1n) is 7.38. The first-order chi connectivity index (χ1) is 10.4. The minimum atomic E-state index is 0.310. The predicted molar refractivity (Wildman–Crippen MR) is 87.4 cm³/mol. The van der Waals surface area contributed by atoms with Gasteiger partial charge in [0.2, 0.25) is 0 Å². The molecule has 1 atom stereocenters. The third-order valence-electron chi connectivity index (χ3n) is 4.21. The van der Waals surface area contributed by atoms with Crippen LogP contribution in [0.25, 0.3) is 0 Å². The van der Waals surface area contributed by atoms with Crippen molar-refractivity contribution < 1.29 is 0 Å². The second-order valence-electron chi connectivity index (χ2n) is 5.48. The van der Waals surface area contributed by atoms with Crippen LogP contribution in [0.2, 0.25) is 0 Å². The van der Waals surface area contributed by atoms with Gasteiger partial charge in [-0.25, -0.2) is 0 Å². The smallest absolute Gasteiger partial charge is 0.0803 e. The SMILES string of the molecule is c1ccc([C@@H]2c3ccccc3CN2c2ccccc2)cc1. The van der Waals surface area contributed by atoms with E-state index in [9.17, 15) is 0 Å². The average molecular weight is 271 g/mol. The lowest BCUT2D eigenvalue weighted by Crippen LogP contribution is -2.22. The normalized spacial score (nSPS) is 16.8. The van der Waals surface area contributed by atoms with Gasteiger partial charge in [-0.1, -0.05) is 72.8 Å². The topological polar surface area (TPSA) is 3.24 Å². The van der Waals surface area contributed by atoms with Crippen molar-refractivity contribution >= 4 is 5.69 Å². The zero-order chi connectivity index (χ0) is 14.1. The fraction of sp³-hybridized carbons (Fsp3) is 0.100. The van der Waals surface area contributed by atoms with E-state index in [1.54, 1.807) is 0 Å². The fourth-order valence-electron chi connectivity index (χ4n) is 3.24. The van der Waals surface area contributed by atoms with Crippen LogP contribution in [0.4, 0.5) is 5.69 Å². The van der Waals surface area contributed by atoms with Gasteiger partial charge in [-0.3, -0.25) is 0 Å². The Morgan fingerprint density at radius 1 is 0.667 bits per heavy atom. The molecule has 102 valence electrons. The van der Waals surface area contributed by atoms with Gasteiger partial charge in [0.25, 0.3) is 0 Å². The molecule has 0 spiro atoms. The monoisotopic (exact) mass is 271 g/mol. The second kappa shape index (κ2) is 5.10. The molecule has 1 nitrogen and oxygen atoms in total. The summed E-state index contributed by atoms with van der Waals surface area (Å²) < 4.78 is 0. The molecule has 0 aromatic heterocycles. The number of fused-ring (bicyclic) bond motifs is 1. The summed E-state index contributed by atoms with van der Waals surface area (Å²) in [5.74, 6) is 0. The number of para-hydroxylation sites is 1. The number of nitrogens with zero attached hydrogens (tertiary/aromatic N) is 1. The standard InChI is InChI=1S/C20H17N/c1-3-9-16(10-4-1)20-19-14-8-7-11-17(19)15-21(20)18-12-5-2-6-13-18/h1-14,20H,15H2/t20-/m1/s1. The summed E-state index contributed by atoms with van der Waals surface area (Å²) in [5, 5.41) is 0. The second-order valence-corrected chi connectivity index (χ2v) is 5.48. The summed E-state index contributed by atoms with van der Waals surface area (Å²) in [7, 11) is 0. The van der Waals surface area contributed by atoms with Crippen LogP contribution in [-0.2, 0) is 6.54 Å². The van der Waals surface area contributed by atoms with Crippen LogP contribution in [-0.4, -0.2) is 0 Å². The van der Waals surface area contributed by atoms with Gasteiger partial charge in [0, 0.05) is 12.2 Å². The average Bonchev–Trinajstić information content (AvgIpc) is 2.96. The van der Waals surface area contributed by atoms with Crippen molar-refractivity contribution in [1.82, 2.24) is 0 Å². The van der Waals surface area contributed by atoms with Crippen LogP contribution in [0.5, 0.6) is 0 Å². The van der Waals surface area contributed by atoms with E-state index in [0.29, 0.717) is 6.04 Å². The number of benzene rings is 3. The van der Waals surface area contributed by atoms with Crippen LogP contribution < -0.4 is 4.90 Å². The molecule has 3 aromatic rings. The van der Waals surface area contributed by atoms with E-state index in [-0.39, 0.29) is 0 Å². The Hall–Kier alpha value is -2.54. The minimum Gasteiger partial charge on any atom is -0.356 e. The third-order valence-corrected chi connectivity index (χ3v) is 4.21. The van der Waals surface area contributed by atoms with Crippen molar-refractivity contribution in [2.75, 3.05) is 4.90 Å². The molecule has 0 N–H and O–H groups in total. The van der Waals surface area contributed by atoms with Crippen molar-refractivity contribution in [3.05, 3.63) is 102 Å². The lowest BCUT2D eigenvalue weighted by atomic mass is 9.98. The van der Waals surface area contributed by atoms with E-state index < -0.39 is 0 Å². The van der Waals surface area contributed by atoms with E-state index in [1.807, 2.05) is 0 Å². The minimum absolute atomic E-state index is 0.310. The number of hydrogen-bond donors (Lipinski definition) is 0. The van der Waals surface area contributed by atoms with Gasteiger partial charge in [0.05, 0.1) is 6.04 Å². The van der Waals surface area contributed by atoms with Gasteiger partial charge < -0.3 is 4.90 Å². The van der Waals surface area contributed by atoms with Crippen molar-refractivity contribution in [1.29, 1.82) is 0 Å². The molecule has 4 rings (SSSR count). The first-order valence-corrected chi connectivity index (χ1v) is 7.38. The predicted octanol–water partition coefficient (Wildman–Crippen LogP) is 4.80. The lowest BCUT2D eigenvalue weighted by Gasteiger charge is -2.27. The van der Waals surface area contributed by atoms with Crippen molar-refractivity contribution in [2.45, 2.75) is 12.6 Å². The Bertz CT molecular complexity index is 734. The van der Waals surface area contributed by atoms with Crippen molar-refractivity contribution in [3.8, 4) is 0 Å². The maximum Gasteiger partial charge on any atom is 0.0803 e. The summed E-state index contributed by atoms with van der Waals surface area (Å²) >= 11 is 0. The van der Waals surface area contributed by atoms with Gasteiger partial charge in [-0.05, 0) is 28.8 Å². The Balaban J connectivity index is 1.85. The molecule has 0 saturated heterocycles. The zero-order valence-corrected chi connectivity index (χ0v) is 11.8. The quantitative estimate of drug-likeness (QED) is 0.647. The zero-order valence-electron chi connectivity index (χ0n) is 11.8. The van der Waals surface area contributed by atoms with E-state index >= 15 is 0 Å². The Labute approximate surface area is 125 Å². The van der Waals surface area contributed by atoms with Gasteiger partial charge >= 0.3 is 0 Å². The lowest BCUT2D eigenvalue weighted by molar-refractivity contribution is 0.770.